The molecule has 0 radical (unpaired) electrons. The zero-order valence-corrected chi connectivity index (χ0v) is 15.0. The van der Waals surface area contributed by atoms with Gasteiger partial charge in [-0.05, 0) is 23.1 Å². The van der Waals surface area contributed by atoms with Crippen LogP contribution < -0.4 is 10.6 Å². The molecule has 0 aromatic heterocycles. The number of hydrogen-bond donors (Lipinski definition) is 2. The van der Waals surface area contributed by atoms with Crippen LogP contribution in [0.4, 0.5) is 0 Å². The van der Waals surface area contributed by atoms with Crippen LogP contribution in [0.25, 0.3) is 0 Å². The van der Waals surface area contributed by atoms with E-state index in [4.69, 9.17) is 9.47 Å². The number of methoxy groups -OCH3 is 1. The Morgan fingerprint density at radius 2 is 1.62 bits per heavy atom. The largest absolute Gasteiger partial charge is 0.382 e. The van der Waals surface area contributed by atoms with E-state index >= 15 is 0 Å². The highest BCUT2D eigenvalue weighted by Gasteiger charge is 2.14. The van der Waals surface area contributed by atoms with Crippen molar-refractivity contribution in [1.29, 1.82) is 0 Å². The molecule has 0 heterocycles. The lowest BCUT2D eigenvalue weighted by molar-refractivity contribution is -0.126. The van der Waals surface area contributed by atoms with E-state index in [2.05, 4.69) is 31.4 Å². The van der Waals surface area contributed by atoms with E-state index in [9.17, 15) is 9.59 Å². The molecule has 6 nitrogen and oxygen atoms in total. The number of carbonyl (C=O) groups excluding carboxylic acids is 2. The minimum absolute atomic E-state index is 0.00836. The Morgan fingerprint density at radius 1 is 1.00 bits per heavy atom. The molecule has 1 aromatic rings. The third kappa shape index (κ3) is 7.57. The predicted molar refractivity (Wildman–Crippen MR) is 93.2 cm³/mol. The van der Waals surface area contributed by atoms with E-state index in [1.165, 1.54) is 5.56 Å². The van der Waals surface area contributed by atoms with Crippen LogP contribution in [0, 0.1) is 0 Å². The third-order valence-electron chi connectivity index (χ3n) is 3.41. The van der Waals surface area contributed by atoms with Gasteiger partial charge in [0.1, 0.15) is 6.61 Å². The fourth-order valence-electron chi connectivity index (χ4n) is 1.96. The maximum Gasteiger partial charge on any atom is 0.251 e. The van der Waals surface area contributed by atoms with E-state index in [1.54, 1.807) is 7.11 Å². The van der Waals surface area contributed by atoms with Gasteiger partial charge in [0.25, 0.3) is 5.91 Å². The van der Waals surface area contributed by atoms with Crippen LogP contribution in [0.15, 0.2) is 24.3 Å². The number of carbonyl (C=O) groups is 2. The van der Waals surface area contributed by atoms with E-state index in [0.717, 1.165) is 0 Å². The minimum Gasteiger partial charge on any atom is -0.382 e. The lowest BCUT2D eigenvalue weighted by Gasteiger charge is -2.19. The summed E-state index contributed by atoms with van der Waals surface area (Å²) in [6.07, 6.45) is 0. The summed E-state index contributed by atoms with van der Waals surface area (Å²) in [5.74, 6) is -0.365. The summed E-state index contributed by atoms with van der Waals surface area (Å²) in [4.78, 5) is 23.5. The first-order valence-corrected chi connectivity index (χ1v) is 8.06. The summed E-state index contributed by atoms with van der Waals surface area (Å²) < 4.78 is 9.91. The molecule has 0 saturated heterocycles. The molecule has 1 aromatic carbocycles. The standard InChI is InChI=1S/C18H28N2O4/c1-18(2,3)15-7-5-14(6-8-15)17(22)20-10-9-19-16(21)13-24-12-11-23-4/h5-8H,9-13H2,1-4H3,(H,19,21)(H,20,22). The molecule has 0 unspecified atom stereocenters. The van der Waals surface area contributed by atoms with E-state index < -0.39 is 0 Å². The van der Waals surface area contributed by atoms with Crippen molar-refractivity contribution < 1.29 is 19.1 Å². The van der Waals surface area contributed by atoms with Crippen molar-refractivity contribution in [2.45, 2.75) is 26.2 Å². The SMILES string of the molecule is COCCOCC(=O)NCCNC(=O)c1ccc(C(C)(C)C)cc1. The first-order chi connectivity index (χ1) is 11.3. The average molecular weight is 336 g/mol. The average Bonchev–Trinajstić information content (AvgIpc) is 2.55. The lowest BCUT2D eigenvalue weighted by atomic mass is 9.87. The maximum atomic E-state index is 12.0. The second-order valence-corrected chi connectivity index (χ2v) is 6.48. The highest BCUT2D eigenvalue weighted by atomic mass is 16.5. The number of hydrogen-bond acceptors (Lipinski definition) is 4. The molecule has 0 saturated carbocycles. The van der Waals surface area contributed by atoms with Gasteiger partial charge in [-0.3, -0.25) is 9.59 Å². The molecular weight excluding hydrogens is 308 g/mol. The summed E-state index contributed by atoms with van der Waals surface area (Å²) in [7, 11) is 1.57. The van der Waals surface area contributed by atoms with E-state index in [-0.39, 0.29) is 23.8 Å². The molecule has 24 heavy (non-hydrogen) atoms. The fourth-order valence-corrected chi connectivity index (χ4v) is 1.96. The topological polar surface area (TPSA) is 76.7 Å². The molecule has 0 bridgehead atoms. The Kier molecular flexibility index (Phi) is 8.43. The second kappa shape index (κ2) is 10.1. The van der Waals surface area contributed by atoms with Gasteiger partial charge in [0.2, 0.25) is 5.91 Å². The Morgan fingerprint density at radius 3 is 2.21 bits per heavy atom. The van der Waals surface area contributed by atoms with Gasteiger partial charge < -0.3 is 20.1 Å². The van der Waals surface area contributed by atoms with Crippen LogP contribution in [0.3, 0.4) is 0 Å². The number of rotatable bonds is 9. The van der Waals surface area contributed by atoms with Crippen molar-refractivity contribution >= 4 is 11.8 Å². The second-order valence-electron chi connectivity index (χ2n) is 6.48. The highest BCUT2D eigenvalue weighted by Crippen LogP contribution is 2.22. The van der Waals surface area contributed by atoms with Crippen molar-refractivity contribution in [2.24, 2.45) is 0 Å². The predicted octanol–water partition coefficient (Wildman–Crippen LogP) is 1.49. The molecule has 2 N–H and O–H groups in total. The zero-order valence-electron chi connectivity index (χ0n) is 15.0. The number of amides is 2. The smallest absolute Gasteiger partial charge is 0.251 e. The van der Waals surface area contributed by atoms with Crippen molar-refractivity contribution in [3.05, 3.63) is 35.4 Å². The van der Waals surface area contributed by atoms with Crippen LogP contribution >= 0.6 is 0 Å². The Balaban J connectivity index is 2.25. The summed E-state index contributed by atoms with van der Waals surface area (Å²) in [5.41, 5.74) is 1.85. The molecular formula is C18H28N2O4. The first kappa shape index (κ1) is 20.1. The van der Waals surface area contributed by atoms with Crippen molar-refractivity contribution in [1.82, 2.24) is 10.6 Å². The van der Waals surface area contributed by atoms with E-state index in [0.29, 0.717) is 31.9 Å². The zero-order chi connectivity index (χ0) is 18.0. The molecule has 1 rings (SSSR count). The first-order valence-electron chi connectivity index (χ1n) is 8.06. The third-order valence-corrected chi connectivity index (χ3v) is 3.41. The van der Waals surface area contributed by atoms with Crippen LogP contribution in [-0.4, -0.2) is 51.8 Å². The van der Waals surface area contributed by atoms with Crippen LogP contribution in [0.5, 0.6) is 0 Å². The lowest BCUT2D eigenvalue weighted by Crippen LogP contribution is -2.36. The number of ether oxygens (including phenoxy) is 2. The minimum atomic E-state index is -0.213. The molecule has 0 aliphatic rings. The summed E-state index contributed by atoms with van der Waals surface area (Å²) in [6, 6.07) is 7.57. The van der Waals surface area contributed by atoms with Gasteiger partial charge in [0.05, 0.1) is 13.2 Å². The molecule has 0 fully saturated rings. The van der Waals surface area contributed by atoms with Crippen molar-refractivity contribution in [3.8, 4) is 0 Å². The summed E-state index contributed by atoms with van der Waals surface area (Å²) in [6.45, 7) is 7.94. The molecule has 6 heteroatoms. The summed E-state index contributed by atoms with van der Waals surface area (Å²) >= 11 is 0. The Labute approximate surface area is 143 Å². The van der Waals surface area contributed by atoms with Crippen molar-refractivity contribution in [2.75, 3.05) is 40.0 Å². The fraction of sp³-hybridized carbons (Fsp3) is 0.556. The Bertz CT molecular complexity index is 521. The van der Waals surface area contributed by atoms with Crippen molar-refractivity contribution in [3.63, 3.8) is 0 Å². The van der Waals surface area contributed by atoms with Gasteiger partial charge in [-0.15, -0.1) is 0 Å². The number of nitrogens with one attached hydrogen (secondary N) is 2. The van der Waals surface area contributed by atoms with Crippen LogP contribution in [-0.2, 0) is 19.7 Å². The maximum absolute atomic E-state index is 12.0. The quantitative estimate of drug-likeness (QED) is 0.670. The molecule has 134 valence electrons. The molecule has 0 spiro atoms. The highest BCUT2D eigenvalue weighted by molar-refractivity contribution is 5.94. The summed E-state index contributed by atoms with van der Waals surface area (Å²) in [5, 5.41) is 5.45. The van der Waals surface area contributed by atoms with Crippen LogP contribution in [0.1, 0.15) is 36.7 Å². The molecule has 2 amide bonds. The molecule has 0 aliphatic carbocycles. The van der Waals surface area contributed by atoms with Gasteiger partial charge in [0.15, 0.2) is 0 Å². The molecule has 0 aliphatic heterocycles. The Hall–Kier alpha value is -1.92. The van der Waals surface area contributed by atoms with Crippen LogP contribution in [0.2, 0.25) is 0 Å². The number of benzene rings is 1. The monoisotopic (exact) mass is 336 g/mol. The molecule has 0 atom stereocenters. The van der Waals surface area contributed by atoms with Gasteiger partial charge in [-0.1, -0.05) is 32.9 Å². The van der Waals surface area contributed by atoms with Gasteiger partial charge in [-0.25, -0.2) is 0 Å². The van der Waals surface area contributed by atoms with Gasteiger partial charge >= 0.3 is 0 Å². The van der Waals surface area contributed by atoms with E-state index in [1.807, 2.05) is 24.3 Å². The van der Waals surface area contributed by atoms with Gasteiger partial charge in [-0.2, -0.15) is 0 Å². The van der Waals surface area contributed by atoms with Gasteiger partial charge in [0, 0.05) is 25.8 Å². The normalized spacial score (nSPS) is 11.2.